The molecule has 0 saturated heterocycles. The number of methoxy groups -OCH3 is 1. The van der Waals surface area contributed by atoms with Gasteiger partial charge in [-0.2, -0.15) is 5.26 Å². The number of nitriles is 1. The predicted molar refractivity (Wildman–Crippen MR) is 130 cm³/mol. The van der Waals surface area contributed by atoms with Crippen molar-refractivity contribution in [3.05, 3.63) is 86.2 Å². The number of benzene rings is 2. The summed E-state index contributed by atoms with van der Waals surface area (Å²) in [7, 11) is 1.34. The fourth-order valence-electron chi connectivity index (χ4n) is 3.55. The molecule has 1 N–H and O–H groups in total. The normalized spacial score (nSPS) is 11.1. The van der Waals surface area contributed by atoms with Crippen LogP contribution >= 0.6 is 23.2 Å². The van der Waals surface area contributed by atoms with Crippen LogP contribution in [0.3, 0.4) is 0 Å². The summed E-state index contributed by atoms with van der Waals surface area (Å²) in [5.41, 5.74) is 4.92. The third-order valence-corrected chi connectivity index (χ3v) is 6.01. The molecule has 0 radical (unpaired) electrons. The van der Waals surface area contributed by atoms with Crippen LogP contribution in [0.15, 0.2) is 48.0 Å². The molecule has 1 amide bonds. The molecule has 8 heteroatoms. The molecular weight excluding hydrogens is 461 g/mol. The number of ether oxygens (including phenoxy) is 1. The molecule has 6 nitrogen and oxygen atoms in total. The number of aromatic nitrogens is 1. The van der Waals surface area contributed by atoms with Gasteiger partial charge in [-0.1, -0.05) is 29.3 Å². The molecular formula is C25H21Cl2N3O3. The summed E-state index contributed by atoms with van der Waals surface area (Å²) in [5, 5.41) is 12.7. The summed E-state index contributed by atoms with van der Waals surface area (Å²) in [4.78, 5) is 24.5. The summed E-state index contributed by atoms with van der Waals surface area (Å²) in [6.45, 7) is 5.72. The highest BCUT2D eigenvalue weighted by atomic mass is 35.5. The van der Waals surface area contributed by atoms with Crippen molar-refractivity contribution in [2.24, 2.45) is 0 Å². The summed E-state index contributed by atoms with van der Waals surface area (Å²) >= 11 is 12.1. The number of hydrogen-bond donors (Lipinski definition) is 1. The Morgan fingerprint density at radius 1 is 1.12 bits per heavy atom. The number of nitrogens with zero attached hydrogens (tertiary/aromatic N) is 2. The molecule has 0 saturated carbocycles. The van der Waals surface area contributed by atoms with Gasteiger partial charge in [0.05, 0.1) is 28.4 Å². The van der Waals surface area contributed by atoms with Gasteiger partial charge in [0.25, 0.3) is 5.91 Å². The maximum absolute atomic E-state index is 12.7. The first kappa shape index (κ1) is 24.1. The Morgan fingerprint density at radius 2 is 1.85 bits per heavy atom. The lowest BCUT2D eigenvalue weighted by atomic mass is 10.1. The van der Waals surface area contributed by atoms with Gasteiger partial charge in [-0.15, -0.1) is 0 Å². The summed E-state index contributed by atoms with van der Waals surface area (Å²) < 4.78 is 6.79. The van der Waals surface area contributed by atoms with Crippen LogP contribution in [-0.4, -0.2) is 23.6 Å². The molecule has 0 bridgehead atoms. The van der Waals surface area contributed by atoms with Gasteiger partial charge in [-0.25, -0.2) is 4.79 Å². The minimum Gasteiger partial charge on any atom is -0.465 e. The number of anilines is 1. The monoisotopic (exact) mass is 481 g/mol. The molecule has 1 heterocycles. The lowest BCUT2D eigenvalue weighted by Crippen LogP contribution is -2.13. The topological polar surface area (TPSA) is 84.1 Å². The van der Waals surface area contributed by atoms with Crippen molar-refractivity contribution in [1.82, 2.24) is 4.57 Å². The molecule has 2 aromatic carbocycles. The highest BCUT2D eigenvalue weighted by Crippen LogP contribution is 2.30. The second-order valence-corrected chi connectivity index (χ2v) is 8.17. The number of rotatable bonds is 5. The Hall–Kier alpha value is -3.53. The van der Waals surface area contributed by atoms with Crippen molar-refractivity contribution in [2.45, 2.75) is 20.8 Å². The highest BCUT2D eigenvalue weighted by molar-refractivity contribution is 6.44. The van der Waals surface area contributed by atoms with Gasteiger partial charge in [0, 0.05) is 17.1 Å². The number of aryl methyl sites for hydroxylation is 2. The van der Waals surface area contributed by atoms with Gasteiger partial charge in [-0.3, -0.25) is 4.79 Å². The van der Waals surface area contributed by atoms with Crippen LogP contribution in [0.4, 0.5) is 5.69 Å². The molecule has 0 atom stereocenters. The number of carbonyl (C=O) groups is 2. The van der Waals surface area contributed by atoms with Crippen LogP contribution < -0.4 is 5.32 Å². The molecule has 168 valence electrons. The average molecular weight is 482 g/mol. The van der Waals surface area contributed by atoms with Gasteiger partial charge >= 0.3 is 5.97 Å². The predicted octanol–water partition coefficient (Wildman–Crippen LogP) is 6.04. The Bertz CT molecular complexity index is 1330. The minimum atomic E-state index is -0.593. The first-order valence-corrected chi connectivity index (χ1v) is 10.7. The Morgan fingerprint density at radius 3 is 2.48 bits per heavy atom. The van der Waals surface area contributed by atoms with E-state index < -0.39 is 11.9 Å². The smallest absolute Gasteiger partial charge is 0.337 e. The van der Waals surface area contributed by atoms with E-state index in [0.29, 0.717) is 21.8 Å². The lowest BCUT2D eigenvalue weighted by molar-refractivity contribution is -0.112. The molecule has 0 aliphatic rings. The number of carbonyl (C=O) groups excluding carboxylic acids is 2. The van der Waals surface area contributed by atoms with Crippen LogP contribution in [0.1, 0.15) is 32.9 Å². The number of hydrogen-bond acceptors (Lipinski definition) is 4. The quantitative estimate of drug-likeness (QED) is 0.273. The molecule has 33 heavy (non-hydrogen) atoms. The summed E-state index contributed by atoms with van der Waals surface area (Å²) in [6, 6.07) is 14.0. The second kappa shape index (κ2) is 9.95. The number of nitrogens with one attached hydrogen (secondary N) is 1. The minimum absolute atomic E-state index is 0.0796. The van der Waals surface area contributed by atoms with Crippen molar-refractivity contribution in [3.63, 3.8) is 0 Å². The Balaban J connectivity index is 1.97. The molecule has 0 aliphatic carbocycles. The first-order chi connectivity index (χ1) is 15.7. The molecule has 1 aromatic heterocycles. The first-order valence-electron chi connectivity index (χ1n) is 9.93. The van der Waals surface area contributed by atoms with E-state index >= 15 is 0 Å². The van der Waals surface area contributed by atoms with Gasteiger partial charge in [0.2, 0.25) is 0 Å². The number of esters is 1. The van der Waals surface area contributed by atoms with Crippen molar-refractivity contribution in [2.75, 3.05) is 12.4 Å². The molecule has 0 spiro atoms. The SMILES string of the molecule is COC(=O)c1ccc(-n2c(C)cc(/C=C(/C#N)C(=O)Nc3cccc(Cl)c3Cl)c2C)c(C)c1. The molecule has 0 fully saturated rings. The molecule has 3 rings (SSSR count). The third kappa shape index (κ3) is 4.95. The van der Waals surface area contributed by atoms with E-state index in [-0.39, 0.29) is 10.6 Å². The molecule has 0 aliphatic heterocycles. The fraction of sp³-hybridized carbons (Fsp3) is 0.160. The van der Waals surface area contributed by atoms with Crippen molar-refractivity contribution in [3.8, 4) is 11.8 Å². The second-order valence-electron chi connectivity index (χ2n) is 7.38. The van der Waals surface area contributed by atoms with Crippen molar-refractivity contribution in [1.29, 1.82) is 5.26 Å². The van der Waals surface area contributed by atoms with E-state index in [9.17, 15) is 14.9 Å². The fourth-order valence-corrected chi connectivity index (χ4v) is 3.90. The summed E-state index contributed by atoms with van der Waals surface area (Å²) in [5.74, 6) is -0.996. The van der Waals surface area contributed by atoms with Gasteiger partial charge in [0.1, 0.15) is 11.6 Å². The summed E-state index contributed by atoms with van der Waals surface area (Å²) in [6.07, 6.45) is 1.53. The zero-order valence-electron chi connectivity index (χ0n) is 18.5. The van der Waals surface area contributed by atoms with Crippen molar-refractivity contribution < 1.29 is 14.3 Å². The maximum atomic E-state index is 12.7. The van der Waals surface area contributed by atoms with Crippen LogP contribution in [0.2, 0.25) is 10.0 Å². The van der Waals surface area contributed by atoms with Crippen LogP contribution in [0.25, 0.3) is 11.8 Å². The lowest BCUT2D eigenvalue weighted by Gasteiger charge is -2.14. The number of amides is 1. The van der Waals surface area contributed by atoms with Gasteiger partial charge < -0.3 is 14.6 Å². The molecule has 3 aromatic rings. The van der Waals surface area contributed by atoms with E-state index in [0.717, 1.165) is 22.6 Å². The van der Waals surface area contributed by atoms with Gasteiger partial charge in [0.15, 0.2) is 0 Å². The van der Waals surface area contributed by atoms with Crippen LogP contribution in [0.5, 0.6) is 0 Å². The Kier molecular flexibility index (Phi) is 7.27. The molecule has 0 unspecified atom stereocenters. The van der Waals surface area contributed by atoms with E-state index in [1.165, 1.54) is 13.2 Å². The third-order valence-electron chi connectivity index (χ3n) is 5.19. The average Bonchev–Trinajstić information content (AvgIpc) is 3.07. The maximum Gasteiger partial charge on any atom is 0.337 e. The zero-order chi connectivity index (χ0) is 24.3. The van der Waals surface area contributed by atoms with E-state index in [2.05, 4.69) is 5.32 Å². The zero-order valence-corrected chi connectivity index (χ0v) is 20.0. The van der Waals surface area contributed by atoms with E-state index in [1.807, 2.05) is 43.5 Å². The van der Waals surface area contributed by atoms with E-state index in [1.54, 1.807) is 30.3 Å². The number of halogens is 2. The Labute approximate surface area is 202 Å². The van der Waals surface area contributed by atoms with E-state index in [4.69, 9.17) is 27.9 Å². The van der Waals surface area contributed by atoms with Crippen LogP contribution in [-0.2, 0) is 9.53 Å². The van der Waals surface area contributed by atoms with Crippen LogP contribution in [0, 0.1) is 32.1 Å². The van der Waals surface area contributed by atoms with Crippen molar-refractivity contribution >= 4 is 46.8 Å². The largest absolute Gasteiger partial charge is 0.465 e. The standard InChI is InChI=1S/C25H21Cl2N3O3/c1-14-10-17(25(32)33-4)8-9-22(14)30-15(2)11-18(16(30)3)12-19(13-28)24(31)29-21-7-5-6-20(26)23(21)27/h5-12H,1-4H3,(H,29,31)/b19-12-. The van der Waals surface area contributed by atoms with Gasteiger partial charge in [-0.05, 0) is 74.4 Å². The highest BCUT2D eigenvalue weighted by Gasteiger charge is 2.17.